The molecule has 8 heteroatoms. The minimum Gasteiger partial charge on any atom is -0.507 e. The van der Waals surface area contributed by atoms with E-state index >= 15 is 0 Å². The first-order valence-corrected chi connectivity index (χ1v) is 5.77. The first kappa shape index (κ1) is 13.5. The van der Waals surface area contributed by atoms with Gasteiger partial charge in [-0.3, -0.25) is 4.79 Å². The number of rotatable bonds is 5. The molecular formula is C12H12N4O4. The Hall–Kier alpha value is -2.90. The van der Waals surface area contributed by atoms with Crippen molar-refractivity contribution in [2.45, 2.75) is 6.54 Å². The molecule has 0 unspecified atom stereocenters. The van der Waals surface area contributed by atoms with E-state index in [-0.39, 0.29) is 30.1 Å². The molecule has 0 aliphatic rings. The number of para-hydroxylation sites is 1. The molecule has 1 amide bonds. The summed E-state index contributed by atoms with van der Waals surface area (Å²) in [5.41, 5.74) is 0.0225. The molecule has 0 aliphatic heterocycles. The standard InChI is InChI=1S/C12H12N4O4/c17-10-4-2-1-3-8(10)11(18)13-5-6-16-7-9(12(19)20)14-15-16/h1-4,7,17H,5-6H2,(H,13,18)(H,19,20). The largest absolute Gasteiger partial charge is 0.507 e. The number of hydrogen-bond donors (Lipinski definition) is 3. The number of benzene rings is 1. The molecule has 8 nitrogen and oxygen atoms in total. The number of phenols is 1. The molecule has 2 aromatic rings. The van der Waals surface area contributed by atoms with Crippen LogP contribution in [-0.2, 0) is 6.54 Å². The van der Waals surface area contributed by atoms with Gasteiger partial charge < -0.3 is 15.5 Å². The summed E-state index contributed by atoms with van der Waals surface area (Å²) in [6, 6.07) is 6.19. The van der Waals surface area contributed by atoms with Gasteiger partial charge in [-0.15, -0.1) is 5.10 Å². The molecule has 0 radical (unpaired) electrons. The maximum absolute atomic E-state index is 11.8. The van der Waals surface area contributed by atoms with Gasteiger partial charge in [0.1, 0.15) is 5.75 Å². The van der Waals surface area contributed by atoms with Crippen LogP contribution in [0.5, 0.6) is 5.75 Å². The van der Waals surface area contributed by atoms with E-state index in [1.807, 2.05) is 0 Å². The molecule has 1 heterocycles. The molecule has 0 saturated carbocycles. The quantitative estimate of drug-likeness (QED) is 0.713. The summed E-state index contributed by atoms with van der Waals surface area (Å²) < 4.78 is 1.31. The molecule has 0 atom stereocenters. The van der Waals surface area contributed by atoms with Gasteiger partial charge in [-0.2, -0.15) is 0 Å². The maximum Gasteiger partial charge on any atom is 0.358 e. The van der Waals surface area contributed by atoms with Crippen LogP contribution in [0.4, 0.5) is 0 Å². The van der Waals surface area contributed by atoms with Crippen LogP contribution in [0.2, 0.25) is 0 Å². The van der Waals surface area contributed by atoms with Crippen LogP contribution in [0.15, 0.2) is 30.5 Å². The van der Waals surface area contributed by atoms with Gasteiger partial charge in [-0.25, -0.2) is 9.48 Å². The van der Waals surface area contributed by atoms with Gasteiger partial charge in [0.15, 0.2) is 5.69 Å². The summed E-state index contributed by atoms with van der Waals surface area (Å²) in [5.74, 6) is -1.67. The Morgan fingerprint density at radius 3 is 2.70 bits per heavy atom. The Balaban J connectivity index is 1.88. The highest BCUT2D eigenvalue weighted by Crippen LogP contribution is 2.14. The summed E-state index contributed by atoms with van der Waals surface area (Å²) in [7, 11) is 0. The van der Waals surface area contributed by atoms with Crippen molar-refractivity contribution in [3.63, 3.8) is 0 Å². The number of aromatic carboxylic acids is 1. The second-order valence-corrected chi connectivity index (χ2v) is 3.95. The normalized spacial score (nSPS) is 10.2. The van der Waals surface area contributed by atoms with Crippen molar-refractivity contribution < 1.29 is 19.8 Å². The summed E-state index contributed by atoms with van der Waals surface area (Å²) in [5, 5.41) is 27.8. The third kappa shape index (κ3) is 3.10. The molecule has 0 spiro atoms. The van der Waals surface area contributed by atoms with E-state index < -0.39 is 11.9 Å². The second-order valence-electron chi connectivity index (χ2n) is 3.95. The number of carboxylic acid groups (broad SMARTS) is 1. The fraction of sp³-hybridized carbons (Fsp3) is 0.167. The highest BCUT2D eigenvalue weighted by Gasteiger charge is 2.10. The number of hydrogen-bond acceptors (Lipinski definition) is 5. The number of nitrogens with zero attached hydrogens (tertiary/aromatic N) is 3. The van der Waals surface area contributed by atoms with Gasteiger partial charge in [0.2, 0.25) is 0 Å². The van der Waals surface area contributed by atoms with E-state index in [9.17, 15) is 14.7 Å². The predicted octanol–water partition coefficient (Wildman–Crippen LogP) is 0.112. The van der Waals surface area contributed by atoms with E-state index in [1.165, 1.54) is 23.0 Å². The zero-order chi connectivity index (χ0) is 14.5. The van der Waals surface area contributed by atoms with E-state index in [2.05, 4.69) is 15.6 Å². The number of amides is 1. The van der Waals surface area contributed by atoms with Gasteiger partial charge in [-0.1, -0.05) is 17.3 Å². The summed E-state index contributed by atoms with van der Waals surface area (Å²) >= 11 is 0. The monoisotopic (exact) mass is 276 g/mol. The van der Waals surface area contributed by atoms with Crippen molar-refractivity contribution in [1.29, 1.82) is 0 Å². The Bertz CT molecular complexity index is 638. The number of aromatic hydroxyl groups is 1. The highest BCUT2D eigenvalue weighted by molar-refractivity contribution is 5.96. The Kier molecular flexibility index (Phi) is 3.94. The van der Waals surface area contributed by atoms with Gasteiger partial charge >= 0.3 is 5.97 Å². The fourth-order valence-electron chi connectivity index (χ4n) is 1.55. The van der Waals surface area contributed by atoms with E-state index in [0.29, 0.717) is 0 Å². The van der Waals surface area contributed by atoms with Crippen LogP contribution in [0, 0.1) is 0 Å². The molecule has 0 fully saturated rings. The lowest BCUT2D eigenvalue weighted by molar-refractivity contribution is 0.0690. The molecule has 0 bridgehead atoms. The predicted molar refractivity (Wildman–Crippen MR) is 67.4 cm³/mol. The van der Waals surface area contributed by atoms with Crippen LogP contribution >= 0.6 is 0 Å². The third-order valence-electron chi connectivity index (χ3n) is 2.53. The minimum atomic E-state index is -1.16. The number of carbonyl (C=O) groups excluding carboxylic acids is 1. The number of phenolic OH excluding ortho intramolecular Hbond substituents is 1. The van der Waals surface area contributed by atoms with Crippen molar-refractivity contribution in [3.05, 3.63) is 41.7 Å². The maximum atomic E-state index is 11.8. The van der Waals surface area contributed by atoms with Crippen molar-refractivity contribution in [2.75, 3.05) is 6.54 Å². The van der Waals surface area contributed by atoms with Crippen molar-refractivity contribution in [2.24, 2.45) is 0 Å². The molecule has 0 aliphatic carbocycles. The number of nitrogens with one attached hydrogen (secondary N) is 1. The van der Waals surface area contributed by atoms with Crippen LogP contribution in [0.25, 0.3) is 0 Å². The number of carbonyl (C=O) groups is 2. The average molecular weight is 276 g/mol. The number of carboxylic acids is 1. The zero-order valence-electron chi connectivity index (χ0n) is 10.4. The average Bonchev–Trinajstić information content (AvgIpc) is 2.88. The van der Waals surface area contributed by atoms with Gasteiger partial charge in [0.05, 0.1) is 18.3 Å². The molecule has 2 rings (SSSR count). The molecule has 104 valence electrons. The molecule has 20 heavy (non-hydrogen) atoms. The molecule has 0 saturated heterocycles. The lowest BCUT2D eigenvalue weighted by Crippen LogP contribution is -2.27. The van der Waals surface area contributed by atoms with Crippen molar-refractivity contribution >= 4 is 11.9 Å². The van der Waals surface area contributed by atoms with E-state index in [1.54, 1.807) is 12.1 Å². The van der Waals surface area contributed by atoms with E-state index in [4.69, 9.17) is 5.11 Å². The van der Waals surface area contributed by atoms with Crippen LogP contribution < -0.4 is 5.32 Å². The second kappa shape index (κ2) is 5.83. The molecule has 1 aromatic carbocycles. The smallest absolute Gasteiger partial charge is 0.358 e. The lowest BCUT2D eigenvalue weighted by Gasteiger charge is -2.06. The Labute approximate surface area is 113 Å². The van der Waals surface area contributed by atoms with Crippen molar-refractivity contribution in [1.82, 2.24) is 20.3 Å². The number of aromatic nitrogens is 3. The first-order chi connectivity index (χ1) is 9.58. The lowest BCUT2D eigenvalue weighted by atomic mass is 10.2. The third-order valence-corrected chi connectivity index (χ3v) is 2.53. The summed E-state index contributed by atoms with van der Waals surface area (Å²) in [4.78, 5) is 22.4. The van der Waals surface area contributed by atoms with Gasteiger partial charge in [0, 0.05) is 6.54 Å². The Morgan fingerprint density at radius 1 is 1.30 bits per heavy atom. The molecule has 1 aromatic heterocycles. The minimum absolute atomic E-state index is 0.0982. The molecule has 3 N–H and O–H groups in total. The van der Waals surface area contributed by atoms with Crippen LogP contribution in [-0.4, -0.2) is 43.6 Å². The van der Waals surface area contributed by atoms with Crippen LogP contribution in [0.1, 0.15) is 20.8 Å². The van der Waals surface area contributed by atoms with Crippen molar-refractivity contribution in [3.8, 4) is 5.75 Å². The topological polar surface area (TPSA) is 117 Å². The SMILES string of the molecule is O=C(O)c1cn(CCNC(=O)c2ccccc2O)nn1. The van der Waals surface area contributed by atoms with Gasteiger partial charge in [-0.05, 0) is 12.1 Å². The highest BCUT2D eigenvalue weighted by atomic mass is 16.4. The summed E-state index contributed by atoms with van der Waals surface area (Å²) in [6.07, 6.45) is 1.27. The Morgan fingerprint density at radius 2 is 2.05 bits per heavy atom. The first-order valence-electron chi connectivity index (χ1n) is 5.77. The fourth-order valence-corrected chi connectivity index (χ4v) is 1.55. The summed E-state index contributed by atoms with van der Waals surface area (Å²) in [6.45, 7) is 0.509. The zero-order valence-corrected chi connectivity index (χ0v) is 10.4. The van der Waals surface area contributed by atoms with E-state index in [0.717, 1.165) is 0 Å². The molecular weight excluding hydrogens is 264 g/mol. The van der Waals surface area contributed by atoms with Gasteiger partial charge in [0.25, 0.3) is 5.91 Å². The van der Waals surface area contributed by atoms with Crippen LogP contribution in [0.3, 0.4) is 0 Å².